The molecule has 27 heavy (non-hydrogen) atoms. The predicted octanol–water partition coefficient (Wildman–Crippen LogP) is 3.87. The van der Waals surface area contributed by atoms with E-state index in [1.165, 1.54) is 0 Å². The lowest BCUT2D eigenvalue weighted by Gasteiger charge is -2.25. The molecule has 9 heteroatoms. The Balaban J connectivity index is 0.00000364. The molecule has 0 aliphatic heterocycles. The molecular formula is C18H27Cl2IN6. The Morgan fingerprint density at radius 1 is 1.26 bits per heavy atom. The molecule has 1 aromatic carbocycles. The molecule has 2 unspecified atom stereocenters. The molecule has 2 aromatic rings. The van der Waals surface area contributed by atoms with Crippen LogP contribution in [-0.4, -0.2) is 48.3 Å². The molecular weight excluding hydrogens is 498 g/mol. The normalized spacial score (nSPS) is 13.9. The molecule has 0 bridgehead atoms. The average molecular weight is 525 g/mol. The number of hydrogen-bond donors (Lipinski definition) is 2. The Bertz CT molecular complexity index is 762. The van der Waals surface area contributed by atoms with Crippen LogP contribution in [0.25, 0.3) is 0 Å². The van der Waals surface area contributed by atoms with E-state index in [1.54, 1.807) is 13.1 Å². The fourth-order valence-electron chi connectivity index (χ4n) is 2.67. The van der Waals surface area contributed by atoms with Gasteiger partial charge in [0.2, 0.25) is 0 Å². The fraction of sp³-hybridized carbons (Fsp3) is 0.444. The number of halogens is 3. The second-order valence-electron chi connectivity index (χ2n) is 6.42. The molecule has 0 aliphatic carbocycles. The highest BCUT2D eigenvalue weighted by Crippen LogP contribution is 2.25. The number of nitrogens with zero attached hydrogens (tertiary/aromatic N) is 4. The van der Waals surface area contributed by atoms with E-state index in [0.29, 0.717) is 16.6 Å². The van der Waals surface area contributed by atoms with Gasteiger partial charge in [0.05, 0.1) is 28.3 Å². The minimum absolute atomic E-state index is 0. The molecule has 1 aromatic heterocycles. The number of benzene rings is 1. The van der Waals surface area contributed by atoms with Crippen molar-refractivity contribution in [1.29, 1.82) is 0 Å². The van der Waals surface area contributed by atoms with E-state index in [1.807, 2.05) is 50.4 Å². The van der Waals surface area contributed by atoms with Gasteiger partial charge in [-0.2, -0.15) is 5.10 Å². The van der Waals surface area contributed by atoms with Crippen LogP contribution in [-0.2, 0) is 7.05 Å². The summed E-state index contributed by atoms with van der Waals surface area (Å²) in [6, 6.07) is 5.84. The van der Waals surface area contributed by atoms with Crippen molar-refractivity contribution in [2.75, 3.05) is 27.7 Å². The summed E-state index contributed by atoms with van der Waals surface area (Å²) >= 11 is 12.1. The maximum atomic E-state index is 6.12. The third-order valence-electron chi connectivity index (χ3n) is 4.22. The quantitative estimate of drug-likeness (QED) is 0.342. The minimum atomic E-state index is 0. The van der Waals surface area contributed by atoms with Gasteiger partial charge in [0, 0.05) is 32.4 Å². The zero-order chi connectivity index (χ0) is 19.3. The van der Waals surface area contributed by atoms with Crippen molar-refractivity contribution < 1.29 is 0 Å². The van der Waals surface area contributed by atoms with Crippen molar-refractivity contribution in [3.8, 4) is 0 Å². The van der Waals surface area contributed by atoms with Crippen molar-refractivity contribution >= 4 is 53.1 Å². The summed E-state index contributed by atoms with van der Waals surface area (Å²) in [6.45, 7) is 2.75. The Hall–Kier alpha value is -1.03. The van der Waals surface area contributed by atoms with Crippen LogP contribution < -0.4 is 10.6 Å². The highest BCUT2D eigenvalue weighted by Gasteiger charge is 2.17. The summed E-state index contributed by atoms with van der Waals surface area (Å²) in [5.41, 5.74) is 2.19. The second-order valence-corrected chi connectivity index (χ2v) is 7.23. The number of aromatic nitrogens is 2. The highest BCUT2D eigenvalue weighted by molar-refractivity contribution is 14.0. The smallest absolute Gasteiger partial charge is 0.191 e. The topological polar surface area (TPSA) is 57.5 Å². The van der Waals surface area contributed by atoms with Crippen LogP contribution in [0, 0.1) is 0 Å². The number of guanidine groups is 1. The van der Waals surface area contributed by atoms with Crippen molar-refractivity contribution in [3.63, 3.8) is 0 Å². The Morgan fingerprint density at radius 2 is 1.96 bits per heavy atom. The monoisotopic (exact) mass is 524 g/mol. The molecule has 1 heterocycles. The van der Waals surface area contributed by atoms with Gasteiger partial charge in [-0.15, -0.1) is 24.0 Å². The van der Waals surface area contributed by atoms with Crippen LogP contribution in [0.4, 0.5) is 0 Å². The van der Waals surface area contributed by atoms with Crippen molar-refractivity contribution in [2.45, 2.75) is 19.0 Å². The van der Waals surface area contributed by atoms with E-state index in [0.717, 1.165) is 17.1 Å². The van der Waals surface area contributed by atoms with Gasteiger partial charge in [0.25, 0.3) is 0 Å². The molecule has 0 aliphatic rings. The summed E-state index contributed by atoms with van der Waals surface area (Å²) in [6.07, 6.45) is 3.92. The fourth-order valence-corrected chi connectivity index (χ4v) is 2.98. The molecule has 0 radical (unpaired) electrons. The zero-order valence-electron chi connectivity index (χ0n) is 16.2. The summed E-state index contributed by atoms with van der Waals surface area (Å²) < 4.78 is 1.81. The van der Waals surface area contributed by atoms with E-state index < -0.39 is 0 Å². The molecule has 2 N–H and O–H groups in total. The molecule has 150 valence electrons. The van der Waals surface area contributed by atoms with E-state index in [4.69, 9.17) is 23.2 Å². The van der Waals surface area contributed by atoms with Gasteiger partial charge < -0.3 is 15.5 Å². The van der Waals surface area contributed by atoms with Gasteiger partial charge in [-0.3, -0.25) is 9.67 Å². The van der Waals surface area contributed by atoms with E-state index >= 15 is 0 Å². The number of nitrogens with one attached hydrogen (secondary N) is 2. The first-order valence-electron chi connectivity index (χ1n) is 8.39. The average Bonchev–Trinajstić information content (AvgIpc) is 3.02. The number of hydrogen-bond acceptors (Lipinski definition) is 3. The number of rotatable bonds is 6. The molecule has 0 spiro atoms. The molecule has 0 saturated heterocycles. The summed E-state index contributed by atoms with van der Waals surface area (Å²) in [5, 5.41) is 12.1. The first kappa shape index (κ1) is 24.0. The maximum Gasteiger partial charge on any atom is 0.191 e. The van der Waals surface area contributed by atoms with Gasteiger partial charge >= 0.3 is 0 Å². The summed E-state index contributed by atoms with van der Waals surface area (Å²) in [7, 11) is 7.77. The highest BCUT2D eigenvalue weighted by atomic mass is 127. The van der Waals surface area contributed by atoms with Crippen LogP contribution >= 0.6 is 47.2 Å². The molecule has 0 fully saturated rings. The lowest BCUT2D eigenvalue weighted by molar-refractivity contribution is 0.298. The summed E-state index contributed by atoms with van der Waals surface area (Å²) in [4.78, 5) is 6.47. The second kappa shape index (κ2) is 11.1. The van der Waals surface area contributed by atoms with Crippen molar-refractivity contribution in [2.24, 2.45) is 12.0 Å². The lowest BCUT2D eigenvalue weighted by atomic mass is 10.1. The van der Waals surface area contributed by atoms with Crippen molar-refractivity contribution in [1.82, 2.24) is 25.3 Å². The van der Waals surface area contributed by atoms with Crippen LogP contribution in [0.3, 0.4) is 0 Å². The van der Waals surface area contributed by atoms with Crippen LogP contribution in [0.2, 0.25) is 10.0 Å². The molecule has 2 atom stereocenters. The Kier molecular flexibility index (Phi) is 9.86. The van der Waals surface area contributed by atoms with Gasteiger partial charge in [0.15, 0.2) is 5.96 Å². The van der Waals surface area contributed by atoms with Gasteiger partial charge in [0.1, 0.15) is 0 Å². The number of aliphatic imine (C=N–C) groups is 1. The lowest BCUT2D eigenvalue weighted by Crippen LogP contribution is -2.42. The first-order valence-corrected chi connectivity index (χ1v) is 9.14. The van der Waals surface area contributed by atoms with Crippen molar-refractivity contribution in [3.05, 3.63) is 51.8 Å². The third-order valence-corrected chi connectivity index (χ3v) is 4.96. The molecule has 2 rings (SSSR count). The van der Waals surface area contributed by atoms with E-state index in [2.05, 4.69) is 32.5 Å². The Labute approximate surface area is 188 Å². The summed E-state index contributed by atoms with van der Waals surface area (Å²) in [5.74, 6) is 0.722. The maximum absolute atomic E-state index is 6.12. The van der Waals surface area contributed by atoms with Gasteiger partial charge in [-0.1, -0.05) is 29.3 Å². The number of aryl methyl sites for hydroxylation is 1. The standard InChI is InChI=1S/C18H26Cl2N6.HI/c1-12(13-6-7-15(19)16(20)8-13)24-18(21-2)22-10-17(25(3)4)14-9-23-26(5)11-14;/h6-9,11-12,17H,10H2,1-5H3,(H2,21,22,24);1H. The van der Waals surface area contributed by atoms with E-state index in [9.17, 15) is 0 Å². The zero-order valence-corrected chi connectivity index (χ0v) is 20.0. The predicted molar refractivity (Wildman–Crippen MR) is 124 cm³/mol. The molecule has 6 nitrogen and oxygen atoms in total. The Morgan fingerprint density at radius 3 is 2.48 bits per heavy atom. The first-order chi connectivity index (χ1) is 12.3. The van der Waals surface area contributed by atoms with E-state index in [-0.39, 0.29) is 36.1 Å². The SMILES string of the molecule is CN=C(NCC(c1cnn(C)c1)N(C)C)NC(C)c1ccc(Cl)c(Cl)c1.I. The minimum Gasteiger partial charge on any atom is -0.354 e. The number of likely N-dealkylation sites (N-methyl/N-ethyl adjacent to an activating group) is 1. The van der Waals surface area contributed by atoms with Crippen LogP contribution in [0.5, 0.6) is 0 Å². The van der Waals surface area contributed by atoms with Gasteiger partial charge in [-0.25, -0.2) is 0 Å². The third kappa shape index (κ3) is 6.81. The van der Waals surface area contributed by atoms with Crippen LogP contribution in [0.1, 0.15) is 30.1 Å². The molecule has 0 amide bonds. The van der Waals surface area contributed by atoms with Crippen LogP contribution in [0.15, 0.2) is 35.6 Å². The van der Waals surface area contributed by atoms with Gasteiger partial charge in [-0.05, 0) is 38.7 Å². The largest absolute Gasteiger partial charge is 0.354 e. The molecule has 0 saturated carbocycles.